The third-order valence-corrected chi connectivity index (χ3v) is 5.11. The highest BCUT2D eigenvalue weighted by atomic mass is 16.5. The molecule has 1 aliphatic rings. The van der Waals surface area contributed by atoms with Crippen molar-refractivity contribution in [3.05, 3.63) is 17.2 Å². The van der Waals surface area contributed by atoms with Crippen molar-refractivity contribution in [3.63, 3.8) is 0 Å². The van der Waals surface area contributed by atoms with Crippen LogP contribution in [0.15, 0.2) is 0 Å². The molecule has 1 unspecified atom stereocenters. The van der Waals surface area contributed by atoms with E-state index in [4.69, 9.17) is 9.72 Å². The van der Waals surface area contributed by atoms with Gasteiger partial charge in [0.2, 0.25) is 5.91 Å². The van der Waals surface area contributed by atoms with Crippen molar-refractivity contribution >= 4 is 11.8 Å². The van der Waals surface area contributed by atoms with E-state index in [-0.39, 0.29) is 11.8 Å². The predicted molar refractivity (Wildman–Crippen MR) is 108 cm³/mol. The Bertz CT molecular complexity index is 693. The number of carbonyl (C=O) groups is 2. The van der Waals surface area contributed by atoms with Gasteiger partial charge < -0.3 is 24.8 Å². The molecule has 158 valence electrons. The van der Waals surface area contributed by atoms with E-state index in [9.17, 15) is 9.59 Å². The zero-order valence-corrected chi connectivity index (χ0v) is 18.1. The van der Waals surface area contributed by atoms with Crippen LogP contribution < -0.4 is 10.6 Å². The number of nitrogens with zero attached hydrogens (tertiary/aromatic N) is 3. The molecule has 1 aromatic heterocycles. The fourth-order valence-electron chi connectivity index (χ4n) is 3.56. The first-order valence-electron chi connectivity index (χ1n) is 9.97. The number of carbonyl (C=O) groups excluding carboxylic acids is 2. The van der Waals surface area contributed by atoms with E-state index >= 15 is 0 Å². The summed E-state index contributed by atoms with van der Waals surface area (Å²) < 4.78 is 7.34. The van der Waals surface area contributed by atoms with Crippen LogP contribution in [-0.2, 0) is 29.0 Å². The van der Waals surface area contributed by atoms with Gasteiger partial charge in [0, 0.05) is 40.3 Å². The lowest BCUT2D eigenvalue weighted by molar-refractivity contribution is -0.124. The number of imidazole rings is 1. The lowest BCUT2D eigenvalue weighted by Gasteiger charge is -2.29. The largest absolute Gasteiger partial charge is 0.385 e. The highest BCUT2D eigenvalue weighted by Crippen LogP contribution is 2.23. The van der Waals surface area contributed by atoms with Gasteiger partial charge in [-0.15, -0.1) is 0 Å². The second kappa shape index (κ2) is 9.52. The van der Waals surface area contributed by atoms with E-state index in [0.717, 1.165) is 43.9 Å². The standard InChI is InChI=1S/C20H35N5O3/c1-20(2,3)17(19(27)21-4)23-18(26)16-14-13-24(5)10-8-11-25(14)15(22-16)9-7-12-28-6/h17H,7-13H2,1-6H3,(H,21,27)(H,23,26). The third-order valence-electron chi connectivity index (χ3n) is 5.11. The van der Waals surface area contributed by atoms with Crippen LogP contribution in [0.4, 0.5) is 0 Å². The lowest BCUT2D eigenvalue weighted by Crippen LogP contribution is -2.53. The number of aromatic nitrogens is 2. The summed E-state index contributed by atoms with van der Waals surface area (Å²) in [4.78, 5) is 32.4. The molecule has 0 fully saturated rings. The molecule has 2 rings (SSSR count). The predicted octanol–water partition coefficient (Wildman–Crippen LogP) is 1.19. The lowest BCUT2D eigenvalue weighted by atomic mass is 9.86. The van der Waals surface area contributed by atoms with Crippen molar-refractivity contribution in [3.8, 4) is 0 Å². The number of rotatable bonds is 7. The summed E-state index contributed by atoms with van der Waals surface area (Å²) >= 11 is 0. The first-order valence-corrected chi connectivity index (χ1v) is 9.97. The van der Waals surface area contributed by atoms with Crippen LogP contribution in [-0.4, -0.2) is 66.7 Å². The van der Waals surface area contributed by atoms with Crippen LogP contribution in [0.25, 0.3) is 0 Å². The molecule has 0 aliphatic carbocycles. The van der Waals surface area contributed by atoms with Crippen molar-refractivity contribution in [1.29, 1.82) is 0 Å². The van der Waals surface area contributed by atoms with Gasteiger partial charge in [-0.3, -0.25) is 9.59 Å². The zero-order valence-electron chi connectivity index (χ0n) is 18.1. The van der Waals surface area contributed by atoms with Gasteiger partial charge >= 0.3 is 0 Å². The maximum absolute atomic E-state index is 13.1. The molecule has 1 aliphatic heterocycles. The van der Waals surface area contributed by atoms with Crippen molar-refractivity contribution in [2.24, 2.45) is 5.41 Å². The van der Waals surface area contributed by atoms with Gasteiger partial charge in [-0.1, -0.05) is 20.8 Å². The van der Waals surface area contributed by atoms with Crippen LogP contribution in [0.5, 0.6) is 0 Å². The van der Waals surface area contributed by atoms with Crippen LogP contribution in [0.3, 0.4) is 0 Å². The topological polar surface area (TPSA) is 88.5 Å². The van der Waals surface area contributed by atoms with Gasteiger partial charge in [0.15, 0.2) is 5.69 Å². The van der Waals surface area contributed by atoms with E-state index in [1.165, 1.54) is 0 Å². The highest BCUT2D eigenvalue weighted by molar-refractivity contribution is 5.97. The van der Waals surface area contributed by atoms with E-state index in [1.807, 2.05) is 20.8 Å². The second-order valence-electron chi connectivity index (χ2n) is 8.55. The Morgan fingerprint density at radius 3 is 2.61 bits per heavy atom. The Labute approximate surface area is 168 Å². The summed E-state index contributed by atoms with van der Waals surface area (Å²) in [7, 11) is 5.32. The van der Waals surface area contributed by atoms with E-state index in [2.05, 4.69) is 27.1 Å². The molecule has 28 heavy (non-hydrogen) atoms. The first-order chi connectivity index (χ1) is 13.2. The van der Waals surface area contributed by atoms with Gasteiger partial charge in [0.05, 0.1) is 5.69 Å². The number of amides is 2. The fraction of sp³-hybridized carbons (Fsp3) is 0.750. The summed E-state index contributed by atoms with van der Waals surface area (Å²) in [5.41, 5.74) is 0.943. The van der Waals surface area contributed by atoms with Crippen LogP contribution in [0.1, 0.15) is 55.6 Å². The molecule has 2 heterocycles. The van der Waals surface area contributed by atoms with Crippen molar-refractivity contribution < 1.29 is 14.3 Å². The van der Waals surface area contributed by atoms with Crippen LogP contribution in [0.2, 0.25) is 0 Å². The average molecular weight is 394 g/mol. The Morgan fingerprint density at radius 2 is 2.00 bits per heavy atom. The molecule has 0 radical (unpaired) electrons. The molecular weight excluding hydrogens is 358 g/mol. The van der Waals surface area contributed by atoms with Gasteiger partial charge in [-0.05, 0) is 31.8 Å². The maximum Gasteiger partial charge on any atom is 0.272 e. The van der Waals surface area contributed by atoms with Crippen LogP contribution >= 0.6 is 0 Å². The van der Waals surface area contributed by atoms with Crippen LogP contribution in [0, 0.1) is 5.41 Å². The quantitative estimate of drug-likeness (QED) is 0.680. The second-order valence-corrected chi connectivity index (χ2v) is 8.55. The summed E-state index contributed by atoms with van der Waals surface area (Å²) in [5, 5.41) is 5.57. The Hall–Kier alpha value is -1.93. The minimum atomic E-state index is -0.636. The number of aryl methyl sites for hydroxylation is 1. The van der Waals surface area contributed by atoms with Crippen molar-refractivity contribution in [2.45, 2.75) is 59.2 Å². The molecule has 0 spiro atoms. The van der Waals surface area contributed by atoms with Crippen molar-refractivity contribution in [2.75, 3.05) is 34.4 Å². The SMILES string of the molecule is CNC(=O)C(NC(=O)c1nc(CCCOC)n2c1CN(C)CCC2)C(C)(C)C. The molecule has 2 amide bonds. The Balaban J connectivity index is 2.34. The number of ether oxygens (including phenoxy) is 1. The number of hydrogen-bond acceptors (Lipinski definition) is 5. The minimum absolute atomic E-state index is 0.205. The van der Waals surface area contributed by atoms with Gasteiger partial charge in [-0.25, -0.2) is 4.98 Å². The van der Waals surface area contributed by atoms with E-state index < -0.39 is 11.5 Å². The van der Waals surface area contributed by atoms with Gasteiger partial charge in [-0.2, -0.15) is 0 Å². The molecular formula is C20H35N5O3. The summed E-state index contributed by atoms with van der Waals surface area (Å²) in [6, 6.07) is -0.636. The van der Waals surface area contributed by atoms with E-state index in [0.29, 0.717) is 18.8 Å². The third kappa shape index (κ3) is 5.32. The number of likely N-dealkylation sites (N-methyl/N-ethyl adjacent to an activating group) is 1. The fourth-order valence-corrected chi connectivity index (χ4v) is 3.56. The number of hydrogen-bond donors (Lipinski definition) is 2. The molecule has 0 saturated heterocycles. The molecule has 2 N–H and O–H groups in total. The summed E-state index contributed by atoms with van der Waals surface area (Å²) in [6.45, 7) is 8.95. The Kier molecular flexibility index (Phi) is 7.60. The Morgan fingerprint density at radius 1 is 1.29 bits per heavy atom. The monoisotopic (exact) mass is 393 g/mol. The highest BCUT2D eigenvalue weighted by Gasteiger charge is 2.34. The molecule has 8 nitrogen and oxygen atoms in total. The molecule has 8 heteroatoms. The molecule has 0 bridgehead atoms. The minimum Gasteiger partial charge on any atom is -0.385 e. The zero-order chi connectivity index (χ0) is 20.9. The number of methoxy groups -OCH3 is 1. The summed E-state index contributed by atoms with van der Waals surface area (Å²) in [6.07, 6.45) is 2.63. The first kappa shape index (κ1) is 22.4. The van der Waals surface area contributed by atoms with Crippen molar-refractivity contribution in [1.82, 2.24) is 25.1 Å². The number of fused-ring (bicyclic) bond motifs is 1. The van der Waals surface area contributed by atoms with Gasteiger partial charge in [0.1, 0.15) is 11.9 Å². The maximum atomic E-state index is 13.1. The number of nitrogens with one attached hydrogen (secondary N) is 2. The average Bonchev–Trinajstić information content (AvgIpc) is 2.83. The normalized spacial score (nSPS) is 16.2. The van der Waals surface area contributed by atoms with E-state index in [1.54, 1.807) is 14.2 Å². The van der Waals surface area contributed by atoms with Gasteiger partial charge in [0.25, 0.3) is 5.91 Å². The summed E-state index contributed by atoms with van der Waals surface area (Å²) in [5.74, 6) is 0.420. The molecule has 1 atom stereocenters. The molecule has 0 aromatic carbocycles. The molecule has 0 saturated carbocycles. The smallest absolute Gasteiger partial charge is 0.272 e. The molecule has 1 aromatic rings.